The topological polar surface area (TPSA) is 52.6 Å². The molecule has 28 heavy (non-hydrogen) atoms. The fourth-order valence-electron chi connectivity index (χ4n) is 4.44. The van der Waals surface area contributed by atoms with Crippen molar-refractivity contribution in [3.63, 3.8) is 0 Å². The number of nitrogens with zero attached hydrogens (tertiary/aromatic N) is 2. The Morgan fingerprint density at radius 3 is 2.54 bits per heavy atom. The van der Waals surface area contributed by atoms with Gasteiger partial charge in [0.15, 0.2) is 9.84 Å². The molecule has 4 rings (SSSR count). The molecule has 2 aliphatic heterocycles. The minimum atomic E-state index is -3.19. The van der Waals surface area contributed by atoms with Crippen molar-refractivity contribution in [1.82, 2.24) is 10.2 Å². The van der Waals surface area contributed by atoms with Gasteiger partial charge in [-0.1, -0.05) is 36.4 Å². The lowest BCUT2D eigenvalue weighted by molar-refractivity contribution is 0.252. The minimum absolute atomic E-state index is 0.138. The van der Waals surface area contributed by atoms with Crippen molar-refractivity contribution in [2.45, 2.75) is 36.4 Å². The van der Waals surface area contributed by atoms with Crippen LogP contribution in [0.25, 0.3) is 0 Å². The summed E-state index contributed by atoms with van der Waals surface area (Å²) in [4.78, 5) is 5.27. The number of benzene rings is 2. The largest absolute Gasteiger partial charge is 0.371 e. The number of rotatable bonds is 5. The second kappa shape index (κ2) is 7.85. The number of sulfone groups is 1. The molecule has 1 saturated heterocycles. The molecule has 1 atom stereocenters. The van der Waals surface area contributed by atoms with Gasteiger partial charge in [0.1, 0.15) is 0 Å². The third-order valence-electron chi connectivity index (χ3n) is 6.16. The van der Waals surface area contributed by atoms with E-state index in [0.717, 1.165) is 18.7 Å². The monoisotopic (exact) mass is 399 g/mol. The molecule has 0 aliphatic carbocycles. The lowest BCUT2D eigenvalue weighted by Gasteiger charge is -2.37. The molecule has 2 aromatic rings. The number of nitrogens with one attached hydrogen (secondary N) is 1. The van der Waals surface area contributed by atoms with Gasteiger partial charge >= 0.3 is 0 Å². The Hall–Kier alpha value is -1.89. The zero-order valence-corrected chi connectivity index (χ0v) is 17.5. The molecule has 2 aromatic carbocycles. The highest BCUT2D eigenvalue weighted by Crippen LogP contribution is 2.34. The highest BCUT2D eigenvalue weighted by atomic mass is 32.2. The summed E-state index contributed by atoms with van der Waals surface area (Å²) in [7, 11) is 1.18. The number of hydrogen-bond donors (Lipinski definition) is 1. The standard InChI is InChI=1S/C22H29N3O2S/c1-24-13-11-18(12-14-24)25(2)21-9-5-3-7-17(21)15-23-20-16-28(26,27)22-10-6-4-8-19(20)22/h3-10,18,20,23H,11-16H2,1-2H3. The normalized spacial score (nSPS) is 22.1. The van der Waals surface area contributed by atoms with Crippen molar-refractivity contribution in [3.8, 4) is 0 Å². The molecule has 0 aromatic heterocycles. The van der Waals surface area contributed by atoms with E-state index in [4.69, 9.17) is 0 Å². The van der Waals surface area contributed by atoms with Gasteiger partial charge in [-0.3, -0.25) is 0 Å². The number of anilines is 1. The highest BCUT2D eigenvalue weighted by Gasteiger charge is 2.34. The fourth-order valence-corrected chi connectivity index (χ4v) is 6.21. The zero-order chi connectivity index (χ0) is 19.7. The number of piperidine rings is 1. The van der Waals surface area contributed by atoms with Gasteiger partial charge in [-0.2, -0.15) is 0 Å². The Labute approximate surface area is 168 Å². The Balaban J connectivity index is 1.50. The molecule has 0 bridgehead atoms. The van der Waals surface area contributed by atoms with Crippen LogP contribution in [0.5, 0.6) is 0 Å². The summed E-state index contributed by atoms with van der Waals surface area (Å²) >= 11 is 0. The molecule has 5 nitrogen and oxygen atoms in total. The first-order valence-electron chi connectivity index (χ1n) is 10.00. The van der Waals surface area contributed by atoms with Gasteiger partial charge < -0.3 is 15.1 Å². The Kier molecular flexibility index (Phi) is 5.45. The summed E-state index contributed by atoms with van der Waals surface area (Å²) in [5.74, 6) is 0.138. The number of likely N-dealkylation sites (tertiary alicyclic amines) is 1. The number of fused-ring (bicyclic) bond motifs is 1. The molecule has 1 unspecified atom stereocenters. The molecule has 0 saturated carbocycles. The van der Waals surface area contributed by atoms with Crippen LogP contribution in [0.1, 0.15) is 30.0 Å². The Morgan fingerprint density at radius 1 is 1.07 bits per heavy atom. The molecule has 150 valence electrons. The fraction of sp³-hybridized carbons (Fsp3) is 0.455. The second-order valence-electron chi connectivity index (χ2n) is 8.03. The SMILES string of the molecule is CN1CCC(N(C)c2ccccc2CNC2CS(=O)(=O)c3ccccc32)CC1. The summed E-state index contributed by atoms with van der Waals surface area (Å²) in [5, 5.41) is 3.50. The van der Waals surface area contributed by atoms with E-state index < -0.39 is 9.84 Å². The van der Waals surface area contributed by atoms with Crippen LogP contribution in [-0.4, -0.2) is 52.3 Å². The van der Waals surface area contributed by atoms with E-state index in [2.05, 4.69) is 53.5 Å². The van der Waals surface area contributed by atoms with Gasteiger partial charge in [-0.05, 0) is 56.2 Å². The smallest absolute Gasteiger partial charge is 0.180 e. The van der Waals surface area contributed by atoms with Crippen LogP contribution in [0.3, 0.4) is 0 Å². The van der Waals surface area contributed by atoms with Gasteiger partial charge in [0.2, 0.25) is 0 Å². The van der Waals surface area contributed by atoms with E-state index in [1.54, 1.807) is 12.1 Å². The van der Waals surface area contributed by atoms with Crippen molar-refractivity contribution in [2.24, 2.45) is 0 Å². The predicted octanol–water partition coefficient (Wildman–Crippen LogP) is 2.84. The first-order valence-corrected chi connectivity index (χ1v) is 11.7. The lowest BCUT2D eigenvalue weighted by Crippen LogP contribution is -2.42. The minimum Gasteiger partial charge on any atom is -0.371 e. The van der Waals surface area contributed by atoms with E-state index in [9.17, 15) is 8.42 Å². The summed E-state index contributed by atoms with van der Waals surface area (Å²) in [6, 6.07) is 16.2. The summed E-state index contributed by atoms with van der Waals surface area (Å²) in [6.07, 6.45) is 2.34. The third-order valence-corrected chi connectivity index (χ3v) is 7.98. The van der Waals surface area contributed by atoms with Gasteiger partial charge in [-0.25, -0.2) is 8.42 Å². The van der Waals surface area contributed by atoms with E-state index in [1.807, 2.05) is 12.1 Å². The van der Waals surface area contributed by atoms with Crippen molar-refractivity contribution in [3.05, 3.63) is 59.7 Å². The number of para-hydroxylation sites is 1. The number of hydrogen-bond acceptors (Lipinski definition) is 5. The first-order chi connectivity index (χ1) is 13.5. The molecular weight excluding hydrogens is 370 g/mol. The predicted molar refractivity (Wildman–Crippen MR) is 113 cm³/mol. The average molecular weight is 400 g/mol. The maximum Gasteiger partial charge on any atom is 0.180 e. The molecule has 1 fully saturated rings. The molecule has 2 aliphatic rings. The van der Waals surface area contributed by atoms with Gasteiger partial charge in [0, 0.05) is 31.4 Å². The van der Waals surface area contributed by atoms with Gasteiger partial charge in [-0.15, -0.1) is 0 Å². The molecular formula is C22H29N3O2S. The molecule has 0 radical (unpaired) electrons. The van der Waals surface area contributed by atoms with E-state index in [-0.39, 0.29) is 11.8 Å². The first kappa shape index (κ1) is 19.4. The molecule has 6 heteroatoms. The summed E-state index contributed by atoms with van der Waals surface area (Å²) < 4.78 is 24.9. The third kappa shape index (κ3) is 3.81. The van der Waals surface area contributed by atoms with E-state index >= 15 is 0 Å². The maximum atomic E-state index is 12.4. The highest BCUT2D eigenvalue weighted by molar-refractivity contribution is 7.91. The Bertz CT molecular complexity index is 936. The summed E-state index contributed by atoms with van der Waals surface area (Å²) in [6.45, 7) is 2.92. The van der Waals surface area contributed by atoms with Gasteiger partial charge in [0.05, 0.1) is 10.6 Å². The van der Waals surface area contributed by atoms with Crippen LogP contribution in [0.4, 0.5) is 5.69 Å². The van der Waals surface area contributed by atoms with Crippen molar-refractivity contribution >= 4 is 15.5 Å². The van der Waals surface area contributed by atoms with Crippen LogP contribution >= 0.6 is 0 Å². The summed E-state index contributed by atoms with van der Waals surface area (Å²) in [5.41, 5.74) is 3.34. The van der Waals surface area contributed by atoms with Crippen molar-refractivity contribution in [2.75, 3.05) is 37.8 Å². The molecule has 0 amide bonds. The van der Waals surface area contributed by atoms with Crippen LogP contribution in [-0.2, 0) is 16.4 Å². The van der Waals surface area contributed by atoms with Crippen LogP contribution in [0.15, 0.2) is 53.4 Å². The average Bonchev–Trinajstić information content (AvgIpc) is 2.97. The Morgan fingerprint density at radius 2 is 1.75 bits per heavy atom. The molecule has 2 heterocycles. The lowest BCUT2D eigenvalue weighted by atomic mass is 10.0. The quantitative estimate of drug-likeness (QED) is 0.838. The maximum absolute atomic E-state index is 12.4. The van der Waals surface area contributed by atoms with Crippen LogP contribution in [0.2, 0.25) is 0 Å². The van der Waals surface area contributed by atoms with Crippen LogP contribution < -0.4 is 10.2 Å². The van der Waals surface area contributed by atoms with E-state index in [0.29, 0.717) is 17.5 Å². The van der Waals surface area contributed by atoms with Crippen molar-refractivity contribution in [1.29, 1.82) is 0 Å². The second-order valence-corrected chi connectivity index (χ2v) is 10.0. The van der Waals surface area contributed by atoms with Crippen LogP contribution in [0, 0.1) is 0 Å². The van der Waals surface area contributed by atoms with Crippen molar-refractivity contribution < 1.29 is 8.42 Å². The molecule has 1 N–H and O–H groups in total. The molecule has 0 spiro atoms. The van der Waals surface area contributed by atoms with Gasteiger partial charge in [0.25, 0.3) is 0 Å². The zero-order valence-electron chi connectivity index (χ0n) is 16.6. The van der Waals surface area contributed by atoms with E-state index in [1.165, 1.54) is 24.1 Å².